The van der Waals surface area contributed by atoms with E-state index < -0.39 is 0 Å². The number of rotatable bonds is 4. The van der Waals surface area contributed by atoms with Gasteiger partial charge in [-0.05, 0) is 37.4 Å². The van der Waals surface area contributed by atoms with Crippen molar-refractivity contribution in [1.82, 2.24) is 4.90 Å². The van der Waals surface area contributed by atoms with Crippen LogP contribution in [0.15, 0.2) is 48.1 Å². The van der Waals surface area contributed by atoms with Gasteiger partial charge in [-0.2, -0.15) is 0 Å². The maximum atomic E-state index is 11.5. The van der Waals surface area contributed by atoms with Gasteiger partial charge in [-0.15, -0.1) is 0 Å². The number of allylic oxidation sites excluding steroid dienone is 2. The summed E-state index contributed by atoms with van der Waals surface area (Å²) in [7, 11) is 5.51. The molecular formula is C16H19NO2. The van der Waals surface area contributed by atoms with Gasteiger partial charge < -0.3 is 9.64 Å². The molecule has 0 bridgehead atoms. The van der Waals surface area contributed by atoms with Crippen LogP contribution >= 0.6 is 0 Å². The Morgan fingerprint density at radius 1 is 1.37 bits per heavy atom. The fourth-order valence-electron chi connectivity index (χ4n) is 2.24. The predicted molar refractivity (Wildman–Crippen MR) is 76.3 cm³/mol. The zero-order valence-electron chi connectivity index (χ0n) is 11.6. The number of ether oxygens (including phenoxy) is 1. The van der Waals surface area contributed by atoms with Crippen LogP contribution in [0.5, 0.6) is 0 Å². The Morgan fingerprint density at radius 2 is 2.16 bits per heavy atom. The van der Waals surface area contributed by atoms with Gasteiger partial charge in [0.2, 0.25) is 0 Å². The normalized spacial score (nSPS) is 17.7. The van der Waals surface area contributed by atoms with Crippen molar-refractivity contribution in [1.29, 1.82) is 0 Å². The minimum absolute atomic E-state index is 0.250. The molecule has 1 aliphatic carbocycles. The number of hydrogen-bond acceptors (Lipinski definition) is 3. The van der Waals surface area contributed by atoms with Crippen molar-refractivity contribution in [3.63, 3.8) is 0 Å². The van der Waals surface area contributed by atoms with Gasteiger partial charge >= 0.3 is 5.97 Å². The lowest BCUT2D eigenvalue weighted by Crippen LogP contribution is -2.13. The molecule has 0 aromatic heterocycles. The lowest BCUT2D eigenvalue weighted by atomic mass is 9.98. The fraction of sp³-hybridized carbons (Fsp3) is 0.312. The van der Waals surface area contributed by atoms with Gasteiger partial charge in [0.1, 0.15) is 0 Å². The third kappa shape index (κ3) is 3.32. The number of likely N-dealkylation sites (N-methyl/N-ethyl adjacent to an activating group) is 1. The molecule has 0 aliphatic heterocycles. The van der Waals surface area contributed by atoms with Crippen LogP contribution in [0, 0.1) is 0 Å². The molecule has 2 rings (SSSR count). The molecule has 0 fully saturated rings. The summed E-state index contributed by atoms with van der Waals surface area (Å²) in [4.78, 5) is 13.7. The molecule has 0 heterocycles. The molecule has 1 atom stereocenters. The van der Waals surface area contributed by atoms with E-state index >= 15 is 0 Å². The minimum Gasteiger partial charge on any atom is -0.465 e. The summed E-state index contributed by atoms with van der Waals surface area (Å²) in [5.74, 6) is -0.0409. The summed E-state index contributed by atoms with van der Waals surface area (Å²) >= 11 is 0. The van der Waals surface area contributed by atoms with E-state index in [1.54, 1.807) is 6.07 Å². The van der Waals surface area contributed by atoms with E-state index in [0.29, 0.717) is 5.56 Å². The van der Waals surface area contributed by atoms with Gasteiger partial charge in [-0.25, -0.2) is 4.79 Å². The third-order valence-electron chi connectivity index (χ3n) is 3.10. The van der Waals surface area contributed by atoms with Crippen LogP contribution in [0.1, 0.15) is 21.8 Å². The summed E-state index contributed by atoms with van der Waals surface area (Å²) in [6.45, 7) is 0.934. The first-order chi connectivity index (χ1) is 9.10. The molecule has 0 N–H and O–H groups in total. The van der Waals surface area contributed by atoms with Crippen molar-refractivity contribution in [2.24, 2.45) is 0 Å². The van der Waals surface area contributed by atoms with Gasteiger partial charge in [0.05, 0.1) is 12.7 Å². The summed E-state index contributed by atoms with van der Waals surface area (Å²) in [5, 5.41) is 0. The van der Waals surface area contributed by atoms with E-state index in [1.165, 1.54) is 12.7 Å². The zero-order valence-corrected chi connectivity index (χ0v) is 11.6. The van der Waals surface area contributed by atoms with E-state index in [0.717, 1.165) is 12.1 Å². The quantitative estimate of drug-likeness (QED) is 0.777. The average Bonchev–Trinajstić information content (AvgIpc) is 2.85. The summed E-state index contributed by atoms with van der Waals surface area (Å²) in [5.41, 5.74) is 3.02. The molecule has 0 radical (unpaired) electrons. The van der Waals surface area contributed by atoms with Crippen LogP contribution in [-0.2, 0) is 4.74 Å². The Labute approximate surface area is 114 Å². The minimum atomic E-state index is -0.290. The number of hydrogen-bond donors (Lipinski definition) is 0. The SMILES string of the molecule is COC(=O)c1cccc(C2C=CC(CN(C)C)=C2)c1. The predicted octanol–water partition coefficient (Wildman–Crippen LogP) is 2.61. The van der Waals surface area contributed by atoms with Crippen molar-refractivity contribution in [3.8, 4) is 0 Å². The van der Waals surface area contributed by atoms with Crippen LogP contribution in [-0.4, -0.2) is 38.6 Å². The number of nitrogens with zero attached hydrogens (tertiary/aromatic N) is 1. The van der Waals surface area contributed by atoms with Gasteiger partial charge in [-0.3, -0.25) is 0 Å². The molecule has 3 heteroatoms. The van der Waals surface area contributed by atoms with Crippen molar-refractivity contribution in [2.75, 3.05) is 27.7 Å². The maximum absolute atomic E-state index is 11.5. The first-order valence-electron chi connectivity index (χ1n) is 6.32. The molecule has 3 nitrogen and oxygen atoms in total. The summed E-state index contributed by atoms with van der Waals surface area (Å²) in [6.07, 6.45) is 6.54. The van der Waals surface area contributed by atoms with Crippen LogP contribution in [0.4, 0.5) is 0 Å². The Morgan fingerprint density at radius 3 is 2.84 bits per heavy atom. The van der Waals surface area contributed by atoms with Gasteiger partial charge in [0.25, 0.3) is 0 Å². The lowest BCUT2D eigenvalue weighted by molar-refractivity contribution is 0.0600. The second-order valence-electron chi connectivity index (χ2n) is 4.98. The Balaban J connectivity index is 2.18. The molecular weight excluding hydrogens is 238 g/mol. The third-order valence-corrected chi connectivity index (χ3v) is 3.10. The molecule has 100 valence electrons. The second kappa shape index (κ2) is 5.85. The molecule has 0 spiro atoms. The summed E-state index contributed by atoms with van der Waals surface area (Å²) < 4.78 is 4.75. The Kier molecular flexibility index (Phi) is 4.17. The number of benzene rings is 1. The van der Waals surface area contributed by atoms with Gasteiger partial charge in [0, 0.05) is 12.5 Å². The summed E-state index contributed by atoms with van der Waals surface area (Å²) in [6, 6.07) is 7.61. The highest BCUT2D eigenvalue weighted by atomic mass is 16.5. The average molecular weight is 257 g/mol. The highest BCUT2D eigenvalue weighted by Gasteiger charge is 2.14. The van der Waals surface area contributed by atoms with E-state index in [-0.39, 0.29) is 11.9 Å². The molecule has 1 aromatic rings. The van der Waals surface area contributed by atoms with Crippen molar-refractivity contribution >= 4 is 5.97 Å². The fourth-order valence-corrected chi connectivity index (χ4v) is 2.24. The molecule has 0 amide bonds. The van der Waals surface area contributed by atoms with Crippen molar-refractivity contribution < 1.29 is 9.53 Å². The first-order valence-corrected chi connectivity index (χ1v) is 6.32. The van der Waals surface area contributed by atoms with Gasteiger partial charge in [0.15, 0.2) is 0 Å². The maximum Gasteiger partial charge on any atom is 0.337 e. The van der Waals surface area contributed by atoms with Gasteiger partial charge in [-0.1, -0.05) is 30.4 Å². The number of esters is 1. The van der Waals surface area contributed by atoms with Crippen LogP contribution in [0.3, 0.4) is 0 Å². The van der Waals surface area contributed by atoms with Crippen LogP contribution < -0.4 is 0 Å². The van der Waals surface area contributed by atoms with E-state index in [2.05, 4.69) is 37.2 Å². The highest BCUT2D eigenvalue weighted by molar-refractivity contribution is 5.89. The number of carbonyl (C=O) groups excluding carboxylic acids is 1. The Bertz CT molecular complexity index is 529. The number of carbonyl (C=O) groups is 1. The van der Waals surface area contributed by atoms with Crippen molar-refractivity contribution in [2.45, 2.75) is 5.92 Å². The molecule has 1 unspecified atom stereocenters. The second-order valence-corrected chi connectivity index (χ2v) is 4.98. The smallest absolute Gasteiger partial charge is 0.337 e. The standard InChI is InChI=1S/C16H19NO2/c1-17(2)11-12-7-8-14(9-12)13-5-4-6-15(10-13)16(18)19-3/h4-10,14H,11H2,1-3H3. The largest absolute Gasteiger partial charge is 0.465 e. The molecule has 1 aromatic carbocycles. The van der Waals surface area contributed by atoms with Crippen LogP contribution in [0.2, 0.25) is 0 Å². The molecule has 0 saturated carbocycles. The zero-order chi connectivity index (χ0) is 13.8. The molecule has 1 aliphatic rings. The van der Waals surface area contributed by atoms with E-state index in [9.17, 15) is 4.79 Å². The highest BCUT2D eigenvalue weighted by Crippen LogP contribution is 2.27. The lowest BCUT2D eigenvalue weighted by Gasteiger charge is -2.10. The monoisotopic (exact) mass is 257 g/mol. The van der Waals surface area contributed by atoms with E-state index in [4.69, 9.17) is 4.74 Å². The first kappa shape index (κ1) is 13.6. The molecule has 0 saturated heterocycles. The Hall–Kier alpha value is -1.87. The van der Waals surface area contributed by atoms with Crippen LogP contribution in [0.25, 0.3) is 0 Å². The van der Waals surface area contributed by atoms with E-state index in [1.807, 2.05) is 18.2 Å². The topological polar surface area (TPSA) is 29.5 Å². The number of methoxy groups -OCH3 is 1. The van der Waals surface area contributed by atoms with Crippen molar-refractivity contribution in [3.05, 3.63) is 59.2 Å². The molecule has 19 heavy (non-hydrogen) atoms.